The van der Waals surface area contributed by atoms with Gasteiger partial charge in [-0.05, 0) is 42.8 Å². The monoisotopic (exact) mass is 469 g/mol. The lowest BCUT2D eigenvalue weighted by molar-refractivity contribution is 0.100. The van der Waals surface area contributed by atoms with Gasteiger partial charge >= 0.3 is 0 Å². The number of nitrogens with one attached hydrogen (secondary N) is 2. The predicted octanol–water partition coefficient (Wildman–Crippen LogP) is 3.34. The molecule has 2 aromatic heterocycles. The highest BCUT2D eigenvalue weighted by Crippen LogP contribution is 2.27. The Labute approximate surface area is 205 Å². The van der Waals surface area contributed by atoms with Crippen molar-refractivity contribution in [1.82, 2.24) is 24.8 Å². The lowest BCUT2D eigenvalue weighted by Crippen LogP contribution is -2.46. The summed E-state index contributed by atoms with van der Waals surface area (Å²) in [5.74, 6) is 0.968. The molecule has 8 heteroatoms. The molecule has 1 saturated heterocycles. The van der Waals surface area contributed by atoms with Crippen molar-refractivity contribution in [2.45, 2.75) is 13.0 Å². The molecule has 3 heterocycles. The summed E-state index contributed by atoms with van der Waals surface area (Å²) in [5.41, 5.74) is 9.56. The highest BCUT2D eigenvalue weighted by Gasteiger charge is 2.17. The van der Waals surface area contributed by atoms with Crippen molar-refractivity contribution >= 4 is 22.8 Å². The number of imidazole rings is 1. The molecule has 0 radical (unpaired) electrons. The van der Waals surface area contributed by atoms with E-state index >= 15 is 0 Å². The number of nitrogens with zero attached hydrogens (tertiary/aromatic N) is 4. The van der Waals surface area contributed by atoms with Crippen LogP contribution in [0.2, 0.25) is 0 Å². The van der Waals surface area contributed by atoms with E-state index in [2.05, 4.69) is 60.4 Å². The van der Waals surface area contributed by atoms with E-state index in [0.29, 0.717) is 22.4 Å². The molecule has 8 nitrogen and oxygen atoms in total. The third-order valence-corrected chi connectivity index (χ3v) is 6.50. The minimum atomic E-state index is -0.476. The van der Waals surface area contributed by atoms with E-state index in [1.807, 2.05) is 18.2 Å². The molecular weight excluding hydrogens is 438 g/mol. The van der Waals surface area contributed by atoms with Gasteiger partial charge in [0.1, 0.15) is 11.6 Å². The van der Waals surface area contributed by atoms with Crippen LogP contribution >= 0.6 is 0 Å². The second kappa shape index (κ2) is 10.7. The molecule has 0 saturated carbocycles. The van der Waals surface area contributed by atoms with Crippen LogP contribution in [0.5, 0.6) is 0 Å². The van der Waals surface area contributed by atoms with Crippen LogP contribution in [0.1, 0.15) is 22.3 Å². The van der Waals surface area contributed by atoms with E-state index in [1.165, 1.54) is 5.56 Å². The van der Waals surface area contributed by atoms with Crippen molar-refractivity contribution < 1.29 is 4.79 Å². The van der Waals surface area contributed by atoms with Crippen LogP contribution in [0.15, 0.2) is 66.9 Å². The van der Waals surface area contributed by atoms with Crippen molar-refractivity contribution in [2.24, 2.45) is 5.73 Å². The molecule has 1 aliphatic heterocycles. The van der Waals surface area contributed by atoms with E-state index in [0.717, 1.165) is 63.6 Å². The number of aromatic nitrogens is 3. The molecule has 1 fully saturated rings. The first kappa shape index (κ1) is 23.0. The van der Waals surface area contributed by atoms with Crippen LogP contribution in [0.3, 0.4) is 0 Å². The van der Waals surface area contributed by atoms with Crippen LogP contribution in [-0.4, -0.2) is 69.9 Å². The average molecular weight is 470 g/mol. The van der Waals surface area contributed by atoms with Gasteiger partial charge in [-0.15, -0.1) is 0 Å². The van der Waals surface area contributed by atoms with Gasteiger partial charge in [0.05, 0.1) is 22.2 Å². The van der Waals surface area contributed by atoms with Crippen LogP contribution < -0.4 is 11.1 Å². The lowest BCUT2D eigenvalue weighted by atomic mass is 10.2. The summed E-state index contributed by atoms with van der Waals surface area (Å²) in [4.78, 5) is 29.3. The molecule has 35 heavy (non-hydrogen) atoms. The third-order valence-electron chi connectivity index (χ3n) is 6.50. The maximum Gasteiger partial charge on any atom is 0.250 e. The Bertz CT molecular complexity index is 1280. The van der Waals surface area contributed by atoms with Crippen molar-refractivity contribution in [1.29, 1.82) is 0 Å². The first-order chi connectivity index (χ1) is 17.2. The number of H-pyrrole nitrogens is 1. The number of anilines is 1. The first-order valence-corrected chi connectivity index (χ1v) is 12.1. The number of fused-ring (bicyclic) bond motifs is 1. The third kappa shape index (κ3) is 5.50. The second-order valence-corrected chi connectivity index (χ2v) is 8.93. The van der Waals surface area contributed by atoms with Crippen LogP contribution in [0.25, 0.3) is 22.4 Å². The van der Waals surface area contributed by atoms with Gasteiger partial charge in [0.2, 0.25) is 0 Å². The number of primary amides is 1. The van der Waals surface area contributed by atoms with E-state index in [-0.39, 0.29) is 0 Å². The van der Waals surface area contributed by atoms with Gasteiger partial charge in [-0.2, -0.15) is 0 Å². The topological polar surface area (TPSA) is 103 Å². The van der Waals surface area contributed by atoms with Gasteiger partial charge in [-0.1, -0.05) is 36.4 Å². The summed E-state index contributed by atoms with van der Waals surface area (Å²) < 4.78 is 0. The molecular formula is C27H31N7O. The lowest BCUT2D eigenvalue weighted by Gasteiger charge is -2.34. The fourth-order valence-corrected chi connectivity index (χ4v) is 4.62. The number of nitrogens with two attached hydrogens (primary N) is 1. The summed E-state index contributed by atoms with van der Waals surface area (Å²) in [6.45, 7) is 7.31. The molecule has 1 amide bonds. The summed E-state index contributed by atoms with van der Waals surface area (Å²) in [7, 11) is 0. The Morgan fingerprint density at radius 3 is 2.57 bits per heavy atom. The molecule has 0 atom stereocenters. The van der Waals surface area contributed by atoms with E-state index in [4.69, 9.17) is 5.73 Å². The van der Waals surface area contributed by atoms with Crippen molar-refractivity contribution in [3.05, 3.63) is 78.0 Å². The molecule has 180 valence electrons. The zero-order chi connectivity index (χ0) is 24.0. The van der Waals surface area contributed by atoms with Gasteiger partial charge in [-0.25, -0.2) is 9.97 Å². The maximum absolute atomic E-state index is 11.8. The molecule has 1 aliphatic rings. The number of piperazine rings is 1. The Kier molecular flexibility index (Phi) is 7.02. The van der Waals surface area contributed by atoms with Gasteiger partial charge in [0, 0.05) is 45.5 Å². The van der Waals surface area contributed by atoms with Crippen molar-refractivity contribution in [3.8, 4) is 11.4 Å². The van der Waals surface area contributed by atoms with Crippen LogP contribution in [0.4, 0.5) is 5.82 Å². The maximum atomic E-state index is 11.8. The minimum Gasteiger partial charge on any atom is -0.369 e. The fraction of sp³-hybridized carbons (Fsp3) is 0.296. The molecule has 0 spiro atoms. The standard InChI is InChI=1S/C27H31N7O/c28-25(35)21-9-4-11-23-24(21)32-27(31-23)22-10-5-12-29-26(22)30-13-6-14-33-15-17-34(18-16-33)19-20-7-2-1-3-8-20/h1-5,7-12H,6,13-19H2,(H2,28,35)(H,29,30)(H,31,32). The first-order valence-electron chi connectivity index (χ1n) is 12.1. The number of pyridine rings is 1. The van der Waals surface area contributed by atoms with E-state index in [9.17, 15) is 4.79 Å². The number of amides is 1. The second-order valence-electron chi connectivity index (χ2n) is 8.93. The zero-order valence-corrected chi connectivity index (χ0v) is 19.8. The number of rotatable bonds is 9. The predicted molar refractivity (Wildman–Crippen MR) is 139 cm³/mol. The van der Waals surface area contributed by atoms with Crippen LogP contribution in [-0.2, 0) is 6.54 Å². The average Bonchev–Trinajstić information content (AvgIpc) is 3.33. The molecule has 5 rings (SSSR count). The SMILES string of the molecule is NC(=O)c1cccc2nc(-c3cccnc3NCCCN3CCN(Cc4ccccc4)CC3)[nH]c12. The Balaban J connectivity index is 1.14. The Morgan fingerprint density at radius 2 is 1.77 bits per heavy atom. The highest BCUT2D eigenvalue weighted by molar-refractivity contribution is 6.04. The summed E-state index contributed by atoms with van der Waals surface area (Å²) in [5, 5.41) is 3.47. The number of carbonyl (C=O) groups is 1. The van der Waals surface area contributed by atoms with Gasteiger partial charge in [0.15, 0.2) is 0 Å². The summed E-state index contributed by atoms with van der Waals surface area (Å²) >= 11 is 0. The van der Waals surface area contributed by atoms with Crippen molar-refractivity contribution in [3.63, 3.8) is 0 Å². The zero-order valence-electron chi connectivity index (χ0n) is 19.8. The number of hydrogen-bond acceptors (Lipinski definition) is 6. The van der Waals surface area contributed by atoms with Gasteiger partial charge < -0.3 is 20.9 Å². The van der Waals surface area contributed by atoms with Crippen LogP contribution in [0, 0.1) is 0 Å². The molecule has 4 N–H and O–H groups in total. The fourth-order valence-electron chi connectivity index (χ4n) is 4.62. The normalized spacial score (nSPS) is 14.9. The minimum absolute atomic E-state index is 0.434. The number of hydrogen-bond donors (Lipinski definition) is 3. The van der Waals surface area contributed by atoms with E-state index < -0.39 is 5.91 Å². The Morgan fingerprint density at radius 1 is 0.971 bits per heavy atom. The molecule has 2 aromatic carbocycles. The molecule has 4 aromatic rings. The molecule has 0 aliphatic carbocycles. The summed E-state index contributed by atoms with van der Waals surface area (Å²) in [6, 6.07) is 19.9. The number of benzene rings is 2. The Hall–Kier alpha value is -3.75. The summed E-state index contributed by atoms with van der Waals surface area (Å²) in [6.07, 6.45) is 2.80. The number of aromatic amines is 1. The number of carbonyl (C=O) groups excluding carboxylic acids is 1. The molecule has 0 unspecified atom stereocenters. The largest absolute Gasteiger partial charge is 0.369 e. The smallest absolute Gasteiger partial charge is 0.250 e. The van der Waals surface area contributed by atoms with E-state index in [1.54, 1.807) is 18.3 Å². The quantitative estimate of drug-likeness (QED) is 0.325. The number of para-hydroxylation sites is 1. The van der Waals surface area contributed by atoms with Gasteiger partial charge in [-0.3, -0.25) is 9.69 Å². The molecule has 0 bridgehead atoms. The van der Waals surface area contributed by atoms with Crippen molar-refractivity contribution in [2.75, 3.05) is 44.6 Å². The highest BCUT2D eigenvalue weighted by atomic mass is 16.1. The van der Waals surface area contributed by atoms with Gasteiger partial charge in [0.25, 0.3) is 5.91 Å².